The first kappa shape index (κ1) is 10.0. The molecule has 0 spiro atoms. The monoisotopic (exact) mass is 194 g/mol. The molecule has 0 fully saturated rings. The van der Waals surface area contributed by atoms with E-state index in [-0.39, 0.29) is 19.0 Å². The molecule has 13 heavy (non-hydrogen) atoms. The second kappa shape index (κ2) is 3.78. The number of aromatic nitrogens is 2. The minimum absolute atomic E-state index is 0.195. The summed E-state index contributed by atoms with van der Waals surface area (Å²) in [7, 11) is 0. The summed E-state index contributed by atoms with van der Waals surface area (Å²) in [6.07, 6.45) is -2.30. The fourth-order valence-corrected chi connectivity index (χ4v) is 0.943. The predicted molar refractivity (Wildman–Crippen MR) is 38.8 cm³/mol. The number of imidazole rings is 1. The lowest BCUT2D eigenvalue weighted by molar-refractivity contribution is -0.136. The maximum Gasteiger partial charge on any atom is 0.390 e. The van der Waals surface area contributed by atoms with E-state index in [9.17, 15) is 13.2 Å². The molecule has 1 heterocycles. The lowest BCUT2D eigenvalue weighted by Gasteiger charge is -2.08. The molecule has 0 aliphatic carbocycles. The molecule has 1 rings (SSSR count). The van der Waals surface area contributed by atoms with Crippen molar-refractivity contribution in [3.05, 3.63) is 18.2 Å². The van der Waals surface area contributed by atoms with E-state index in [1.807, 2.05) is 0 Å². The molecular formula is C7H9F3N2O. The maximum atomic E-state index is 11.8. The third-order valence-corrected chi connectivity index (χ3v) is 1.58. The fraction of sp³-hybridized carbons (Fsp3) is 0.571. The summed E-state index contributed by atoms with van der Waals surface area (Å²) in [5, 5.41) is 8.67. The number of nitrogens with zero attached hydrogens (tertiary/aromatic N) is 2. The Labute approximate surface area is 72.8 Å². The first-order valence-corrected chi connectivity index (χ1v) is 3.70. The van der Waals surface area contributed by atoms with Crippen molar-refractivity contribution in [1.82, 2.24) is 9.55 Å². The topological polar surface area (TPSA) is 38.1 Å². The fourth-order valence-electron chi connectivity index (χ4n) is 0.943. The van der Waals surface area contributed by atoms with Crippen LogP contribution >= 0.6 is 0 Å². The molecule has 0 aromatic carbocycles. The molecule has 0 aliphatic heterocycles. The van der Waals surface area contributed by atoms with Gasteiger partial charge in [-0.05, 0) is 0 Å². The Balaban J connectivity index is 2.54. The number of hydrogen-bond donors (Lipinski definition) is 1. The highest BCUT2D eigenvalue weighted by atomic mass is 19.4. The molecule has 1 N–H and O–H groups in total. The average Bonchev–Trinajstić information content (AvgIpc) is 2.46. The van der Waals surface area contributed by atoms with Crippen LogP contribution < -0.4 is 0 Å². The number of rotatable bonds is 3. The SMILES string of the molecule is OCc1nccn1CCC(F)(F)F. The first-order valence-electron chi connectivity index (χ1n) is 3.70. The van der Waals surface area contributed by atoms with Crippen LogP contribution in [0.3, 0.4) is 0 Å². The minimum atomic E-state index is -4.17. The van der Waals surface area contributed by atoms with Gasteiger partial charge in [0.1, 0.15) is 12.4 Å². The molecule has 3 nitrogen and oxygen atoms in total. The van der Waals surface area contributed by atoms with Crippen molar-refractivity contribution in [2.24, 2.45) is 0 Å². The highest BCUT2D eigenvalue weighted by Gasteiger charge is 2.26. The molecular weight excluding hydrogens is 185 g/mol. The van der Waals surface area contributed by atoms with Crippen LogP contribution in [0.5, 0.6) is 0 Å². The van der Waals surface area contributed by atoms with Gasteiger partial charge in [-0.25, -0.2) is 4.98 Å². The zero-order chi connectivity index (χ0) is 9.90. The van der Waals surface area contributed by atoms with E-state index < -0.39 is 12.6 Å². The number of alkyl halides is 3. The van der Waals surface area contributed by atoms with Gasteiger partial charge < -0.3 is 9.67 Å². The molecule has 0 amide bonds. The maximum absolute atomic E-state index is 11.8. The quantitative estimate of drug-likeness (QED) is 0.788. The van der Waals surface area contributed by atoms with Crippen LogP contribution in [-0.4, -0.2) is 20.8 Å². The van der Waals surface area contributed by atoms with E-state index in [1.165, 1.54) is 17.0 Å². The molecule has 0 aliphatic rings. The number of aliphatic hydroxyl groups excluding tert-OH is 1. The van der Waals surface area contributed by atoms with Gasteiger partial charge in [0, 0.05) is 18.9 Å². The predicted octanol–water partition coefficient (Wildman–Crippen LogP) is 1.33. The van der Waals surface area contributed by atoms with Crippen molar-refractivity contribution < 1.29 is 18.3 Å². The molecule has 0 atom stereocenters. The Morgan fingerprint density at radius 2 is 2.15 bits per heavy atom. The summed E-state index contributed by atoms with van der Waals surface area (Å²) >= 11 is 0. The molecule has 0 unspecified atom stereocenters. The zero-order valence-electron chi connectivity index (χ0n) is 6.75. The van der Waals surface area contributed by atoms with Crippen LogP contribution in [0, 0.1) is 0 Å². The van der Waals surface area contributed by atoms with Gasteiger partial charge in [-0.1, -0.05) is 0 Å². The largest absolute Gasteiger partial charge is 0.390 e. The Kier molecular flexibility index (Phi) is 2.92. The third kappa shape index (κ3) is 3.06. The lowest BCUT2D eigenvalue weighted by atomic mass is 10.4. The van der Waals surface area contributed by atoms with Crippen molar-refractivity contribution >= 4 is 0 Å². The number of hydrogen-bond acceptors (Lipinski definition) is 2. The summed E-state index contributed by atoms with van der Waals surface area (Å²) < 4.78 is 36.6. The van der Waals surface area contributed by atoms with E-state index in [1.54, 1.807) is 0 Å². The number of halogens is 3. The van der Waals surface area contributed by atoms with E-state index >= 15 is 0 Å². The van der Waals surface area contributed by atoms with Crippen molar-refractivity contribution in [2.45, 2.75) is 25.7 Å². The van der Waals surface area contributed by atoms with E-state index in [2.05, 4.69) is 4.98 Å². The highest BCUT2D eigenvalue weighted by Crippen LogP contribution is 2.20. The highest BCUT2D eigenvalue weighted by molar-refractivity contribution is 4.90. The van der Waals surface area contributed by atoms with Gasteiger partial charge in [-0.15, -0.1) is 0 Å². The van der Waals surface area contributed by atoms with Crippen molar-refractivity contribution in [3.63, 3.8) is 0 Å². The van der Waals surface area contributed by atoms with Gasteiger partial charge in [0.15, 0.2) is 0 Å². The van der Waals surface area contributed by atoms with Gasteiger partial charge in [0.25, 0.3) is 0 Å². The van der Waals surface area contributed by atoms with E-state index in [0.29, 0.717) is 0 Å². The van der Waals surface area contributed by atoms with Crippen molar-refractivity contribution in [3.8, 4) is 0 Å². The molecule has 0 saturated heterocycles. The Bertz CT molecular complexity index is 269. The normalized spacial score (nSPS) is 12.0. The van der Waals surface area contributed by atoms with Crippen LogP contribution in [0.25, 0.3) is 0 Å². The molecule has 1 aromatic heterocycles. The van der Waals surface area contributed by atoms with Crippen LogP contribution in [-0.2, 0) is 13.2 Å². The molecule has 0 saturated carbocycles. The Hall–Kier alpha value is -1.04. The van der Waals surface area contributed by atoms with Crippen LogP contribution in [0.4, 0.5) is 13.2 Å². The minimum Gasteiger partial charge on any atom is -0.388 e. The summed E-state index contributed by atoms with van der Waals surface area (Å²) in [5.74, 6) is 0.254. The van der Waals surface area contributed by atoms with Gasteiger partial charge in [0.2, 0.25) is 0 Å². The second-order valence-corrected chi connectivity index (χ2v) is 2.56. The number of aryl methyl sites for hydroxylation is 1. The number of aliphatic hydroxyl groups is 1. The summed E-state index contributed by atoms with van der Waals surface area (Å²) in [6, 6.07) is 0. The summed E-state index contributed by atoms with van der Waals surface area (Å²) in [5.41, 5.74) is 0. The van der Waals surface area contributed by atoms with Crippen LogP contribution in [0.15, 0.2) is 12.4 Å². The molecule has 74 valence electrons. The van der Waals surface area contributed by atoms with Gasteiger partial charge in [-0.2, -0.15) is 13.2 Å². The van der Waals surface area contributed by atoms with E-state index in [4.69, 9.17) is 5.11 Å². The molecule has 6 heteroatoms. The van der Waals surface area contributed by atoms with Crippen LogP contribution in [0.1, 0.15) is 12.2 Å². The van der Waals surface area contributed by atoms with E-state index in [0.717, 1.165) is 0 Å². The standard InChI is InChI=1S/C7H9F3N2O/c8-7(9,10)1-3-12-4-2-11-6(12)5-13/h2,4,13H,1,3,5H2. The Morgan fingerprint density at radius 1 is 1.46 bits per heavy atom. The van der Waals surface area contributed by atoms with Crippen LogP contribution in [0.2, 0.25) is 0 Å². The second-order valence-electron chi connectivity index (χ2n) is 2.56. The third-order valence-electron chi connectivity index (χ3n) is 1.58. The Morgan fingerprint density at radius 3 is 2.69 bits per heavy atom. The smallest absolute Gasteiger partial charge is 0.388 e. The van der Waals surface area contributed by atoms with Crippen molar-refractivity contribution in [2.75, 3.05) is 0 Å². The summed E-state index contributed by atoms with van der Waals surface area (Å²) in [4.78, 5) is 3.68. The van der Waals surface area contributed by atoms with Gasteiger partial charge in [-0.3, -0.25) is 0 Å². The molecule has 0 bridgehead atoms. The first-order chi connectivity index (χ1) is 6.03. The molecule has 1 aromatic rings. The van der Waals surface area contributed by atoms with Crippen molar-refractivity contribution in [1.29, 1.82) is 0 Å². The molecule has 0 radical (unpaired) electrons. The summed E-state index contributed by atoms with van der Waals surface area (Å²) in [6.45, 7) is -0.537. The lowest BCUT2D eigenvalue weighted by Crippen LogP contribution is -2.13. The van der Waals surface area contributed by atoms with Gasteiger partial charge in [0.05, 0.1) is 6.42 Å². The van der Waals surface area contributed by atoms with Gasteiger partial charge >= 0.3 is 6.18 Å². The average molecular weight is 194 g/mol. The zero-order valence-corrected chi connectivity index (χ0v) is 6.75.